The fraction of sp³-hybridized carbons (Fsp3) is 0.304. The van der Waals surface area contributed by atoms with E-state index >= 15 is 0 Å². The van der Waals surface area contributed by atoms with E-state index in [9.17, 15) is 9.59 Å². The van der Waals surface area contributed by atoms with Crippen molar-refractivity contribution in [2.75, 3.05) is 27.3 Å². The number of rotatable bonds is 6. The van der Waals surface area contributed by atoms with E-state index in [1.54, 1.807) is 14.2 Å². The molecule has 1 atom stereocenters. The minimum atomic E-state index is -1.26. The van der Waals surface area contributed by atoms with E-state index in [2.05, 4.69) is 30.4 Å². The summed E-state index contributed by atoms with van der Waals surface area (Å²) in [4.78, 5) is 19.1. The number of ether oxygens (including phenoxy) is 3. The van der Waals surface area contributed by atoms with Crippen molar-refractivity contribution < 1.29 is 34.0 Å². The molecule has 0 aromatic heterocycles. The SMILES string of the molecule is COc1cc2c(cc1OC)C(Oc1ccc(C)cc1)CNCC2.O=C(O)C=CC(=O)O. The Kier molecular flexibility index (Phi) is 8.90. The number of hydrogen-bond donors (Lipinski definition) is 3. The van der Waals surface area contributed by atoms with Crippen LogP contribution in [0.4, 0.5) is 0 Å². The Morgan fingerprint density at radius 2 is 1.58 bits per heavy atom. The van der Waals surface area contributed by atoms with Crippen LogP contribution in [0.2, 0.25) is 0 Å². The van der Waals surface area contributed by atoms with Crippen molar-refractivity contribution >= 4 is 11.9 Å². The van der Waals surface area contributed by atoms with Gasteiger partial charge in [-0.3, -0.25) is 0 Å². The lowest BCUT2D eigenvalue weighted by Crippen LogP contribution is -2.23. The van der Waals surface area contributed by atoms with Crippen molar-refractivity contribution in [2.24, 2.45) is 0 Å². The number of aryl methyl sites for hydroxylation is 1. The second kappa shape index (κ2) is 11.6. The average molecular weight is 429 g/mol. The van der Waals surface area contributed by atoms with E-state index in [4.69, 9.17) is 24.4 Å². The van der Waals surface area contributed by atoms with E-state index < -0.39 is 11.9 Å². The number of carbonyl (C=O) groups is 2. The van der Waals surface area contributed by atoms with Crippen LogP contribution in [0, 0.1) is 6.92 Å². The normalized spacial score (nSPS) is 15.1. The number of carboxylic acids is 2. The Bertz CT molecular complexity index is 906. The number of nitrogens with one attached hydrogen (secondary N) is 1. The maximum atomic E-state index is 9.55. The molecule has 1 unspecified atom stereocenters. The van der Waals surface area contributed by atoms with E-state index in [0.717, 1.165) is 42.3 Å². The summed E-state index contributed by atoms with van der Waals surface area (Å²) in [6.07, 6.45) is 2.02. The van der Waals surface area contributed by atoms with Gasteiger partial charge in [0.2, 0.25) is 0 Å². The summed E-state index contributed by atoms with van der Waals surface area (Å²) in [5.74, 6) is -0.127. The number of hydrogen-bond acceptors (Lipinski definition) is 6. The molecule has 0 saturated heterocycles. The lowest BCUT2D eigenvalue weighted by molar-refractivity contribution is -0.134. The Balaban J connectivity index is 0.000000366. The molecule has 2 aromatic carbocycles. The lowest BCUT2D eigenvalue weighted by atomic mass is 10.00. The van der Waals surface area contributed by atoms with Gasteiger partial charge in [0, 0.05) is 24.3 Å². The summed E-state index contributed by atoms with van der Waals surface area (Å²) in [5.41, 5.74) is 3.63. The molecule has 0 radical (unpaired) electrons. The molecule has 8 heteroatoms. The van der Waals surface area contributed by atoms with E-state index in [1.807, 2.05) is 18.2 Å². The van der Waals surface area contributed by atoms with Gasteiger partial charge in [0.1, 0.15) is 11.9 Å². The first-order chi connectivity index (χ1) is 14.8. The van der Waals surface area contributed by atoms with Crippen LogP contribution in [0.15, 0.2) is 48.6 Å². The minimum Gasteiger partial charge on any atom is -0.493 e. The van der Waals surface area contributed by atoms with E-state index in [0.29, 0.717) is 12.2 Å². The zero-order valence-electron chi connectivity index (χ0n) is 17.8. The van der Waals surface area contributed by atoms with Crippen molar-refractivity contribution in [3.8, 4) is 17.2 Å². The number of carboxylic acid groups (broad SMARTS) is 2. The maximum absolute atomic E-state index is 9.55. The molecule has 3 rings (SSSR count). The van der Waals surface area contributed by atoms with Gasteiger partial charge in [-0.25, -0.2) is 9.59 Å². The molecule has 0 bridgehead atoms. The fourth-order valence-electron chi connectivity index (χ4n) is 3.05. The Labute approximate surface area is 181 Å². The third-order valence-electron chi connectivity index (χ3n) is 4.56. The zero-order valence-corrected chi connectivity index (χ0v) is 17.8. The van der Waals surface area contributed by atoms with Crippen LogP contribution in [0.25, 0.3) is 0 Å². The highest BCUT2D eigenvalue weighted by atomic mass is 16.5. The van der Waals surface area contributed by atoms with Gasteiger partial charge < -0.3 is 29.7 Å². The van der Waals surface area contributed by atoms with Gasteiger partial charge >= 0.3 is 11.9 Å². The third-order valence-corrected chi connectivity index (χ3v) is 4.56. The number of fused-ring (bicyclic) bond motifs is 1. The quantitative estimate of drug-likeness (QED) is 0.601. The van der Waals surface area contributed by atoms with Gasteiger partial charge in [0.05, 0.1) is 14.2 Å². The van der Waals surface area contributed by atoms with Gasteiger partial charge in [0.15, 0.2) is 11.5 Å². The topological polar surface area (TPSA) is 114 Å². The summed E-state index contributed by atoms with van der Waals surface area (Å²) in [7, 11) is 3.33. The molecule has 1 aliphatic heterocycles. The summed E-state index contributed by atoms with van der Waals surface area (Å²) >= 11 is 0. The molecular weight excluding hydrogens is 402 g/mol. The fourth-order valence-corrected chi connectivity index (χ4v) is 3.05. The predicted molar refractivity (Wildman–Crippen MR) is 115 cm³/mol. The first-order valence-electron chi connectivity index (χ1n) is 9.66. The first-order valence-corrected chi connectivity index (χ1v) is 9.66. The van der Waals surface area contributed by atoms with E-state index in [-0.39, 0.29) is 6.10 Å². The van der Waals surface area contributed by atoms with Crippen molar-refractivity contribution in [3.05, 3.63) is 65.2 Å². The summed E-state index contributed by atoms with van der Waals surface area (Å²) < 4.78 is 17.1. The van der Waals surface area contributed by atoms with Crippen molar-refractivity contribution in [3.63, 3.8) is 0 Å². The summed E-state index contributed by atoms with van der Waals surface area (Å²) in [6, 6.07) is 12.3. The molecule has 1 aliphatic rings. The third kappa shape index (κ3) is 7.35. The highest BCUT2D eigenvalue weighted by Gasteiger charge is 2.23. The summed E-state index contributed by atoms with van der Waals surface area (Å²) in [5, 5.41) is 19.1. The van der Waals surface area contributed by atoms with Gasteiger partial charge in [-0.2, -0.15) is 0 Å². The largest absolute Gasteiger partial charge is 0.493 e. The van der Waals surface area contributed by atoms with Crippen LogP contribution in [0.3, 0.4) is 0 Å². The van der Waals surface area contributed by atoms with Crippen LogP contribution in [0.1, 0.15) is 22.8 Å². The predicted octanol–water partition coefficient (Wildman–Crippen LogP) is 2.99. The van der Waals surface area contributed by atoms with Crippen molar-refractivity contribution in [1.29, 1.82) is 0 Å². The zero-order chi connectivity index (χ0) is 22.8. The lowest BCUT2D eigenvalue weighted by Gasteiger charge is -2.21. The monoisotopic (exact) mass is 429 g/mol. The number of methoxy groups -OCH3 is 2. The second-order valence-corrected chi connectivity index (χ2v) is 6.79. The van der Waals surface area contributed by atoms with Crippen LogP contribution >= 0.6 is 0 Å². The smallest absolute Gasteiger partial charge is 0.328 e. The van der Waals surface area contributed by atoms with Crippen molar-refractivity contribution in [1.82, 2.24) is 5.32 Å². The Hall–Kier alpha value is -3.52. The molecule has 31 heavy (non-hydrogen) atoms. The minimum absolute atomic E-state index is 0.0463. The molecule has 8 nitrogen and oxygen atoms in total. The van der Waals surface area contributed by atoms with Crippen LogP contribution in [-0.2, 0) is 16.0 Å². The average Bonchev–Trinajstić information content (AvgIpc) is 2.95. The first kappa shape index (κ1) is 23.8. The maximum Gasteiger partial charge on any atom is 0.328 e. The van der Waals surface area contributed by atoms with Crippen LogP contribution in [-0.4, -0.2) is 49.5 Å². The number of aliphatic carboxylic acids is 2. The van der Waals surface area contributed by atoms with Crippen LogP contribution < -0.4 is 19.5 Å². The molecule has 2 aromatic rings. The van der Waals surface area contributed by atoms with Crippen LogP contribution in [0.5, 0.6) is 17.2 Å². The van der Waals surface area contributed by atoms with Gasteiger partial charge in [-0.05, 0) is 49.7 Å². The highest BCUT2D eigenvalue weighted by Crippen LogP contribution is 2.35. The summed E-state index contributed by atoms with van der Waals surface area (Å²) in [6.45, 7) is 3.77. The Morgan fingerprint density at radius 1 is 1.00 bits per heavy atom. The number of benzene rings is 2. The molecule has 0 spiro atoms. The Morgan fingerprint density at radius 3 is 2.13 bits per heavy atom. The highest BCUT2D eigenvalue weighted by molar-refractivity contribution is 5.89. The molecule has 0 fully saturated rings. The molecular formula is C23H27NO7. The molecule has 1 heterocycles. The van der Waals surface area contributed by atoms with Gasteiger partial charge in [-0.15, -0.1) is 0 Å². The molecule has 0 amide bonds. The molecule has 0 aliphatic carbocycles. The standard InChI is InChI=1S/C19H23NO3.C4H4O4/c1-13-4-6-15(7-5-13)23-19-12-20-9-8-14-10-17(21-2)18(22-3)11-16(14)19;5-3(6)1-2-4(7)8/h4-7,10-11,19-20H,8-9,12H2,1-3H3;1-2H,(H,5,6)(H,7,8). The molecule has 0 saturated carbocycles. The van der Waals surface area contributed by atoms with Gasteiger partial charge in [0.25, 0.3) is 0 Å². The molecule has 3 N–H and O–H groups in total. The molecule has 166 valence electrons. The second-order valence-electron chi connectivity index (χ2n) is 6.79. The van der Waals surface area contributed by atoms with Crippen molar-refractivity contribution in [2.45, 2.75) is 19.4 Å². The van der Waals surface area contributed by atoms with Gasteiger partial charge in [-0.1, -0.05) is 17.7 Å². The van der Waals surface area contributed by atoms with E-state index in [1.165, 1.54) is 11.1 Å².